The number of halogens is 1. The Balaban J connectivity index is 1.77. The Morgan fingerprint density at radius 1 is 1.21 bits per heavy atom. The van der Waals surface area contributed by atoms with Crippen molar-refractivity contribution in [2.45, 2.75) is 47.1 Å². The largest absolute Gasteiger partial charge is 0.353 e. The molecule has 7 nitrogen and oxygen atoms in total. The molecule has 4 aromatic rings. The number of hydrogen-bond donors (Lipinski definition) is 1. The van der Waals surface area contributed by atoms with Crippen LogP contribution in [0.5, 0.6) is 0 Å². The molecule has 1 atom stereocenters. The van der Waals surface area contributed by atoms with Gasteiger partial charge in [-0.15, -0.1) is 11.3 Å². The summed E-state index contributed by atoms with van der Waals surface area (Å²) in [5.74, 6) is -0.247. The molecule has 1 unspecified atom stereocenters. The van der Waals surface area contributed by atoms with Crippen LogP contribution in [0.2, 0.25) is 0 Å². The van der Waals surface area contributed by atoms with E-state index in [1.165, 1.54) is 26.5 Å². The summed E-state index contributed by atoms with van der Waals surface area (Å²) in [6.07, 6.45) is 0.0733. The lowest BCUT2D eigenvalue weighted by molar-refractivity contribution is -0.121. The summed E-state index contributed by atoms with van der Waals surface area (Å²) in [6.45, 7) is 9.59. The van der Waals surface area contributed by atoms with Gasteiger partial charge in [0.05, 0.1) is 17.7 Å². The van der Waals surface area contributed by atoms with Crippen molar-refractivity contribution in [3.05, 3.63) is 69.0 Å². The molecule has 9 heteroatoms. The molecule has 0 saturated heterocycles. The molecule has 1 N–H and O–H groups in total. The number of para-hydroxylation sites is 1. The zero-order chi connectivity index (χ0) is 23.9. The van der Waals surface area contributed by atoms with Crippen molar-refractivity contribution in [1.82, 2.24) is 24.5 Å². The number of nitrogens with zero attached hydrogens (tertiary/aromatic N) is 4. The maximum absolute atomic E-state index is 14.3. The lowest BCUT2D eigenvalue weighted by Gasteiger charge is -2.17. The number of fused-ring (bicyclic) bond motifs is 1. The number of aryl methyl sites for hydroxylation is 2. The SMILES string of the molecule is Cc1nc2scc(CC(=O)NC(C)C(C)C)n2c(=O)c1-c1cc(C)n(-c2ccccc2F)n1. The zero-order valence-corrected chi connectivity index (χ0v) is 20.0. The maximum atomic E-state index is 14.3. The van der Waals surface area contributed by atoms with Crippen LogP contribution in [0.4, 0.5) is 4.39 Å². The molecule has 3 aromatic heterocycles. The third-order valence-electron chi connectivity index (χ3n) is 5.78. The molecule has 0 radical (unpaired) electrons. The van der Waals surface area contributed by atoms with E-state index in [0.29, 0.717) is 44.9 Å². The number of nitrogens with one attached hydrogen (secondary N) is 1. The van der Waals surface area contributed by atoms with Crippen LogP contribution >= 0.6 is 11.3 Å². The van der Waals surface area contributed by atoms with E-state index in [-0.39, 0.29) is 23.9 Å². The number of aromatic nitrogens is 4. The Morgan fingerprint density at radius 2 is 1.94 bits per heavy atom. The second-order valence-corrected chi connectivity index (χ2v) is 9.37. The summed E-state index contributed by atoms with van der Waals surface area (Å²) in [5, 5.41) is 9.28. The van der Waals surface area contributed by atoms with Crippen molar-refractivity contribution >= 4 is 22.2 Å². The predicted molar refractivity (Wildman–Crippen MR) is 127 cm³/mol. The average molecular weight is 468 g/mol. The van der Waals surface area contributed by atoms with Gasteiger partial charge in [0.25, 0.3) is 5.56 Å². The van der Waals surface area contributed by atoms with Gasteiger partial charge in [0, 0.05) is 22.8 Å². The van der Waals surface area contributed by atoms with Gasteiger partial charge in [-0.1, -0.05) is 26.0 Å². The van der Waals surface area contributed by atoms with Crippen LogP contribution in [0.15, 0.2) is 40.5 Å². The molecule has 33 heavy (non-hydrogen) atoms. The highest BCUT2D eigenvalue weighted by Gasteiger charge is 2.21. The van der Waals surface area contributed by atoms with Gasteiger partial charge < -0.3 is 5.32 Å². The quantitative estimate of drug-likeness (QED) is 0.464. The molecule has 3 heterocycles. The van der Waals surface area contributed by atoms with Gasteiger partial charge in [-0.2, -0.15) is 5.10 Å². The molecule has 172 valence electrons. The topological polar surface area (TPSA) is 81.3 Å². The van der Waals surface area contributed by atoms with Gasteiger partial charge in [0.2, 0.25) is 5.91 Å². The van der Waals surface area contributed by atoms with Gasteiger partial charge >= 0.3 is 0 Å². The normalized spacial score (nSPS) is 12.5. The van der Waals surface area contributed by atoms with Crippen LogP contribution in [-0.2, 0) is 11.2 Å². The Hall–Kier alpha value is -3.33. The lowest BCUT2D eigenvalue weighted by atomic mass is 10.1. The standard InChI is InChI=1S/C24H26FN5O2S/c1-13(2)15(4)26-21(31)11-17-12-33-24-27-16(5)22(23(32)29(17)24)19-10-14(3)30(28-19)20-9-7-6-8-18(20)25/h6-10,12-13,15H,11H2,1-5H3,(H,26,31). The molecule has 4 rings (SSSR count). The zero-order valence-electron chi connectivity index (χ0n) is 19.2. The molecule has 0 saturated carbocycles. The van der Waals surface area contributed by atoms with Crippen LogP contribution in [0, 0.1) is 25.6 Å². The molecule has 0 aliphatic carbocycles. The highest BCUT2D eigenvalue weighted by molar-refractivity contribution is 7.15. The number of thiazole rings is 1. The number of rotatable bonds is 6. The molecule has 1 amide bonds. The van der Waals surface area contributed by atoms with Crippen LogP contribution in [0.3, 0.4) is 0 Å². The first-order valence-electron chi connectivity index (χ1n) is 10.8. The van der Waals surface area contributed by atoms with E-state index in [2.05, 4.69) is 15.4 Å². The van der Waals surface area contributed by atoms with Crippen molar-refractivity contribution in [2.75, 3.05) is 0 Å². The summed E-state index contributed by atoms with van der Waals surface area (Å²) in [5.41, 5.74) is 2.55. The lowest BCUT2D eigenvalue weighted by Crippen LogP contribution is -2.37. The number of carbonyl (C=O) groups excluding carboxylic acids is 1. The highest BCUT2D eigenvalue weighted by Crippen LogP contribution is 2.24. The Morgan fingerprint density at radius 3 is 2.64 bits per heavy atom. The number of carbonyl (C=O) groups is 1. The molecule has 0 bridgehead atoms. The van der Waals surface area contributed by atoms with E-state index in [1.54, 1.807) is 43.5 Å². The van der Waals surface area contributed by atoms with E-state index in [0.717, 1.165) is 0 Å². The molecular weight excluding hydrogens is 441 g/mol. The van der Waals surface area contributed by atoms with Gasteiger partial charge in [-0.05, 0) is 44.9 Å². The van der Waals surface area contributed by atoms with Crippen molar-refractivity contribution in [3.63, 3.8) is 0 Å². The van der Waals surface area contributed by atoms with Crippen molar-refractivity contribution < 1.29 is 9.18 Å². The minimum Gasteiger partial charge on any atom is -0.353 e. The third-order valence-corrected chi connectivity index (χ3v) is 6.65. The molecule has 1 aromatic carbocycles. The van der Waals surface area contributed by atoms with Crippen molar-refractivity contribution in [2.24, 2.45) is 5.92 Å². The summed E-state index contributed by atoms with van der Waals surface area (Å²) >= 11 is 1.32. The minimum absolute atomic E-state index is 0.0281. The molecule has 0 spiro atoms. The van der Waals surface area contributed by atoms with E-state index in [9.17, 15) is 14.0 Å². The molecule has 0 fully saturated rings. The number of benzene rings is 1. The van der Waals surface area contributed by atoms with Crippen LogP contribution in [-0.4, -0.2) is 31.1 Å². The Labute approximate surface area is 194 Å². The van der Waals surface area contributed by atoms with Gasteiger partial charge in [-0.25, -0.2) is 14.1 Å². The van der Waals surface area contributed by atoms with Gasteiger partial charge in [0.15, 0.2) is 4.96 Å². The third kappa shape index (κ3) is 4.32. The summed E-state index contributed by atoms with van der Waals surface area (Å²) in [7, 11) is 0. The van der Waals surface area contributed by atoms with Crippen molar-refractivity contribution in [1.29, 1.82) is 0 Å². The van der Waals surface area contributed by atoms with Gasteiger partial charge in [-0.3, -0.25) is 14.0 Å². The van der Waals surface area contributed by atoms with E-state index < -0.39 is 5.82 Å². The summed E-state index contributed by atoms with van der Waals surface area (Å²) in [6, 6.07) is 8.12. The Kier molecular flexibility index (Phi) is 6.16. The van der Waals surface area contributed by atoms with Crippen LogP contribution in [0.25, 0.3) is 21.9 Å². The number of amides is 1. The first-order chi connectivity index (χ1) is 15.7. The minimum atomic E-state index is -0.404. The average Bonchev–Trinajstić information content (AvgIpc) is 3.31. The predicted octanol–water partition coefficient (Wildman–Crippen LogP) is 4.07. The number of hydrogen-bond acceptors (Lipinski definition) is 5. The summed E-state index contributed by atoms with van der Waals surface area (Å²) < 4.78 is 17.3. The fourth-order valence-electron chi connectivity index (χ4n) is 3.62. The van der Waals surface area contributed by atoms with Gasteiger partial charge in [0.1, 0.15) is 17.2 Å². The molecule has 0 aliphatic rings. The highest BCUT2D eigenvalue weighted by atomic mass is 32.1. The smallest absolute Gasteiger partial charge is 0.268 e. The first-order valence-corrected chi connectivity index (χ1v) is 11.7. The first kappa shape index (κ1) is 22.8. The van der Waals surface area contributed by atoms with E-state index in [1.807, 2.05) is 20.8 Å². The monoisotopic (exact) mass is 467 g/mol. The maximum Gasteiger partial charge on any atom is 0.268 e. The summed E-state index contributed by atoms with van der Waals surface area (Å²) in [4.78, 5) is 31.2. The molecule has 0 aliphatic heterocycles. The second kappa shape index (κ2) is 8.90. The van der Waals surface area contributed by atoms with Crippen LogP contribution in [0.1, 0.15) is 37.9 Å². The van der Waals surface area contributed by atoms with Crippen LogP contribution < -0.4 is 10.9 Å². The van der Waals surface area contributed by atoms with Crippen molar-refractivity contribution in [3.8, 4) is 16.9 Å². The second-order valence-electron chi connectivity index (χ2n) is 8.53. The fourth-order valence-corrected chi connectivity index (χ4v) is 4.55. The fraction of sp³-hybridized carbons (Fsp3) is 0.333. The van der Waals surface area contributed by atoms with E-state index in [4.69, 9.17) is 0 Å². The van der Waals surface area contributed by atoms with E-state index >= 15 is 0 Å². The molecular formula is C24H26FN5O2S. The Bertz CT molecular complexity index is 1400.